The molecule has 0 aromatic heterocycles. The lowest BCUT2D eigenvalue weighted by Crippen LogP contribution is -2.53. The van der Waals surface area contributed by atoms with E-state index in [-0.39, 0.29) is 17.9 Å². The molecule has 2 aliphatic heterocycles. The van der Waals surface area contributed by atoms with Gasteiger partial charge in [-0.05, 0) is 49.7 Å². The molecule has 2 aliphatic rings. The average molecular weight is 441 g/mol. The number of rotatable bonds is 6. The van der Waals surface area contributed by atoms with E-state index >= 15 is 0 Å². The zero-order chi connectivity index (χ0) is 21.8. The molecule has 0 radical (unpaired) electrons. The maximum atomic E-state index is 12.8. The van der Waals surface area contributed by atoms with Crippen molar-refractivity contribution in [2.75, 3.05) is 49.1 Å². The van der Waals surface area contributed by atoms with Crippen molar-refractivity contribution < 1.29 is 9.59 Å². The van der Waals surface area contributed by atoms with Gasteiger partial charge in [-0.3, -0.25) is 14.5 Å². The SMILES string of the molecule is CC(CNC(=O)C1CCN(c2ccc(Cl)cc2)C1=O)N1CCN(c2ccccc2)CC1. The number of hydrogen-bond donors (Lipinski definition) is 1. The summed E-state index contributed by atoms with van der Waals surface area (Å²) in [5.74, 6) is -0.919. The molecule has 2 atom stereocenters. The summed E-state index contributed by atoms with van der Waals surface area (Å²) in [6, 6.07) is 17.8. The van der Waals surface area contributed by atoms with E-state index in [1.165, 1.54) is 5.69 Å². The first-order chi connectivity index (χ1) is 15.0. The van der Waals surface area contributed by atoms with Gasteiger partial charge in [0.05, 0.1) is 0 Å². The number of piperazine rings is 1. The van der Waals surface area contributed by atoms with Gasteiger partial charge in [-0.1, -0.05) is 29.8 Å². The van der Waals surface area contributed by atoms with Gasteiger partial charge in [0.2, 0.25) is 11.8 Å². The summed E-state index contributed by atoms with van der Waals surface area (Å²) >= 11 is 5.93. The third kappa shape index (κ3) is 5.02. The second-order valence-corrected chi connectivity index (χ2v) is 8.70. The van der Waals surface area contributed by atoms with Crippen LogP contribution in [0.25, 0.3) is 0 Å². The van der Waals surface area contributed by atoms with Crippen molar-refractivity contribution in [3.05, 3.63) is 59.6 Å². The molecule has 0 aliphatic carbocycles. The molecule has 7 heteroatoms. The van der Waals surface area contributed by atoms with Crippen LogP contribution in [-0.4, -0.2) is 62.0 Å². The number of anilines is 2. The maximum Gasteiger partial charge on any atom is 0.239 e. The Labute approximate surface area is 188 Å². The Morgan fingerprint density at radius 1 is 1.00 bits per heavy atom. The molecule has 31 heavy (non-hydrogen) atoms. The highest BCUT2D eigenvalue weighted by molar-refractivity contribution is 6.30. The predicted molar refractivity (Wildman–Crippen MR) is 125 cm³/mol. The minimum Gasteiger partial charge on any atom is -0.369 e. The van der Waals surface area contributed by atoms with Gasteiger partial charge >= 0.3 is 0 Å². The highest BCUT2D eigenvalue weighted by Crippen LogP contribution is 2.26. The average Bonchev–Trinajstić information content (AvgIpc) is 3.20. The zero-order valence-electron chi connectivity index (χ0n) is 17.8. The summed E-state index contributed by atoms with van der Waals surface area (Å²) in [4.78, 5) is 31.9. The third-order valence-electron chi connectivity index (χ3n) is 6.29. The fraction of sp³-hybridized carbons (Fsp3) is 0.417. The summed E-state index contributed by atoms with van der Waals surface area (Å²) in [5.41, 5.74) is 2.04. The van der Waals surface area contributed by atoms with Gasteiger partial charge < -0.3 is 15.1 Å². The van der Waals surface area contributed by atoms with Crippen LogP contribution in [0, 0.1) is 5.92 Å². The van der Waals surface area contributed by atoms with Crippen LogP contribution in [0.5, 0.6) is 0 Å². The maximum absolute atomic E-state index is 12.8. The highest BCUT2D eigenvalue weighted by Gasteiger charge is 2.37. The van der Waals surface area contributed by atoms with Crippen LogP contribution >= 0.6 is 11.6 Å². The van der Waals surface area contributed by atoms with Crippen LogP contribution in [0.1, 0.15) is 13.3 Å². The van der Waals surface area contributed by atoms with Gasteiger partial charge in [0, 0.05) is 61.7 Å². The predicted octanol–water partition coefficient (Wildman–Crippen LogP) is 3.02. The summed E-state index contributed by atoms with van der Waals surface area (Å²) in [6.45, 7) is 7.09. The second-order valence-electron chi connectivity index (χ2n) is 8.26. The molecule has 2 saturated heterocycles. The summed E-state index contributed by atoms with van der Waals surface area (Å²) in [5, 5.41) is 3.64. The molecule has 164 valence electrons. The number of amides is 2. The lowest BCUT2D eigenvalue weighted by molar-refractivity contribution is -0.132. The van der Waals surface area contributed by atoms with Gasteiger partial charge in [0.25, 0.3) is 0 Å². The molecular formula is C24H29ClN4O2. The normalized spacial score (nSPS) is 20.7. The molecule has 2 aromatic rings. The molecule has 1 N–H and O–H groups in total. The summed E-state index contributed by atoms with van der Waals surface area (Å²) in [7, 11) is 0. The molecule has 2 unspecified atom stereocenters. The lowest BCUT2D eigenvalue weighted by Gasteiger charge is -2.39. The van der Waals surface area contributed by atoms with Crippen molar-refractivity contribution in [2.24, 2.45) is 5.92 Å². The number of para-hydroxylation sites is 1. The van der Waals surface area contributed by atoms with E-state index in [9.17, 15) is 9.59 Å². The molecule has 2 aromatic carbocycles. The molecule has 0 spiro atoms. The van der Waals surface area contributed by atoms with Crippen molar-refractivity contribution in [1.29, 1.82) is 0 Å². The van der Waals surface area contributed by atoms with E-state index in [2.05, 4.69) is 46.3 Å². The first kappa shape index (κ1) is 21.7. The third-order valence-corrected chi connectivity index (χ3v) is 6.54. The Morgan fingerprint density at radius 2 is 1.68 bits per heavy atom. The largest absolute Gasteiger partial charge is 0.369 e. The Kier molecular flexibility index (Phi) is 6.78. The van der Waals surface area contributed by atoms with Crippen molar-refractivity contribution in [3.63, 3.8) is 0 Å². The molecule has 4 rings (SSSR count). The van der Waals surface area contributed by atoms with Crippen molar-refractivity contribution in [2.45, 2.75) is 19.4 Å². The van der Waals surface area contributed by atoms with E-state index in [1.807, 2.05) is 18.2 Å². The fourth-order valence-electron chi connectivity index (χ4n) is 4.36. The smallest absolute Gasteiger partial charge is 0.239 e. The van der Waals surface area contributed by atoms with Gasteiger partial charge in [-0.15, -0.1) is 0 Å². The summed E-state index contributed by atoms with van der Waals surface area (Å²) in [6.07, 6.45) is 0.539. The first-order valence-electron chi connectivity index (χ1n) is 10.9. The monoisotopic (exact) mass is 440 g/mol. The quantitative estimate of drug-likeness (QED) is 0.701. The second kappa shape index (κ2) is 9.71. The van der Waals surface area contributed by atoms with E-state index in [0.29, 0.717) is 24.5 Å². The van der Waals surface area contributed by atoms with Crippen LogP contribution < -0.4 is 15.1 Å². The van der Waals surface area contributed by atoms with Crippen molar-refractivity contribution >= 4 is 34.8 Å². The first-order valence-corrected chi connectivity index (χ1v) is 11.3. The highest BCUT2D eigenvalue weighted by atomic mass is 35.5. The number of benzene rings is 2. The van der Waals surface area contributed by atoms with Gasteiger partial charge in [-0.2, -0.15) is 0 Å². The minimum atomic E-state index is -0.613. The van der Waals surface area contributed by atoms with E-state index < -0.39 is 5.92 Å². The van der Waals surface area contributed by atoms with Gasteiger partial charge in [-0.25, -0.2) is 0 Å². The van der Waals surface area contributed by atoms with E-state index in [0.717, 1.165) is 31.9 Å². The zero-order valence-corrected chi connectivity index (χ0v) is 18.6. The molecule has 0 bridgehead atoms. The molecule has 2 amide bonds. The molecule has 6 nitrogen and oxygen atoms in total. The van der Waals surface area contributed by atoms with Crippen LogP contribution in [0.15, 0.2) is 54.6 Å². The van der Waals surface area contributed by atoms with Crippen molar-refractivity contribution in [3.8, 4) is 0 Å². The number of carbonyl (C=O) groups is 2. The van der Waals surface area contributed by atoms with Crippen LogP contribution in [-0.2, 0) is 9.59 Å². The summed E-state index contributed by atoms with van der Waals surface area (Å²) < 4.78 is 0. The Morgan fingerprint density at radius 3 is 2.35 bits per heavy atom. The van der Waals surface area contributed by atoms with Gasteiger partial charge in [0.1, 0.15) is 5.92 Å². The fourth-order valence-corrected chi connectivity index (χ4v) is 4.49. The van der Waals surface area contributed by atoms with Crippen LogP contribution in [0.3, 0.4) is 0 Å². The number of nitrogens with one attached hydrogen (secondary N) is 1. The molecule has 2 heterocycles. The number of nitrogens with zero attached hydrogens (tertiary/aromatic N) is 3. The Balaban J connectivity index is 1.24. The van der Waals surface area contributed by atoms with E-state index in [4.69, 9.17) is 11.6 Å². The molecule has 0 saturated carbocycles. The number of hydrogen-bond acceptors (Lipinski definition) is 4. The molecule has 2 fully saturated rings. The van der Waals surface area contributed by atoms with Crippen LogP contribution in [0.4, 0.5) is 11.4 Å². The topological polar surface area (TPSA) is 55.9 Å². The van der Waals surface area contributed by atoms with Crippen LogP contribution in [0.2, 0.25) is 5.02 Å². The Bertz CT molecular complexity index is 898. The standard InChI is InChI=1S/C24H29ClN4O2/c1-18(27-13-15-28(16-14-27)20-5-3-2-4-6-20)17-26-23(30)22-11-12-29(24(22)31)21-9-7-19(25)8-10-21/h2-10,18,22H,11-17H2,1H3,(H,26,30). The van der Waals surface area contributed by atoms with Gasteiger partial charge in [0.15, 0.2) is 0 Å². The molecular weight excluding hydrogens is 412 g/mol. The number of halogens is 1. The Hall–Kier alpha value is -2.57. The minimum absolute atomic E-state index is 0.135. The van der Waals surface area contributed by atoms with E-state index in [1.54, 1.807) is 17.0 Å². The van der Waals surface area contributed by atoms with Crippen molar-refractivity contribution in [1.82, 2.24) is 10.2 Å². The lowest BCUT2D eigenvalue weighted by atomic mass is 10.1. The number of carbonyl (C=O) groups excluding carboxylic acids is 2.